The summed E-state index contributed by atoms with van der Waals surface area (Å²) in [7, 11) is -4.49. The number of nitrogens with one attached hydrogen (secondary N) is 8. The number of aryl methyl sites for hydroxylation is 3. The SMILES string of the molecule is Cc1cc(OCCCC(=O)NCCNC(=O)C(CCC(=O)O)NC(=O)C(CCC(=O)O)CNC(=O)CN2CCN(CC(=O)O)CCN(CC(=O)O)CCN(CC(=O)O)CC2)cc(C)c1S(=O)(=O)NC(CNC(=O)c1ccc2c(cnn2CCCNc2ncc[nH]2)c1)C(=O)O.[90Y]. The summed E-state index contributed by atoms with van der Waals surface area (Å²) in [6, 6.07) is 4.50. The van der Waals surface area contributed by atoms with Gasteiger partial charge in [-0.3, -0.25) is 77.0 Å². The van der Waals surface area contributed by atoms with Gasteiger partial charge in [0.1, 0.15) is 17.8 Å². The van der Waals surface area contributed by atoms with Crippen LogP contribution in [0.3, 0.4) is 0 Å². The number of hydrogen-bond donors (Lipinski definition) is 14. The Morgan fingerprint density at radius 3 is 1.74 bits per heavy atom. The van der Waals surface area contributed by atoms with Gasteiger partial charge in [-0.1, -0.05) is 0 Å². The van der Waals surface area contributed by atoms with E-state index in [2.05, 4.69) is 51.7 Å². The standard InChI is InChI=1S/C58H83N15O20S.Y/c1-37-27-42(28-38(2)53(37)94(91,92)68-44(57(89)90)32-65-54(86)39-6-9-45-41(29-39)31-66-73(45)17-4-12-61-58-62-15-16-63-58)93-26-3-5-46(74)59-13-14-60-56(88)43(8-11-49(78)79)67-55(87)40(7-10-48(76)77)30-64-47(75)33-69-18-20-70(34-50(80)81)22-24-72(36-52(84)85)25-23-71(21-19-69)35-51(82)83;/h6,9,15-16,27-29,31,40,43-44,68H,3-5,7-8,10-14,17-26,30,32-36H2,1-2H3,(H,59,74)(H,60,88)(H,64,75)(H,65,86)(H,67,87)(H,76,77)(H,78,79)(H,80,81)(H,82,83)(H,84,85)(H,89,90)(H2,61,62,63);/i;1+1. The van der Waals surface area contributed by atoms with E-state index in [4.69, 9.17) is 4.74 Å². The molecule has 0 spiro atoms. The van der Waals surface area contributed by atoms with Crippen LogP contribution in [-0.2, 0) is 97.2 Å². The van der Waals surface area contributed by atoms with Gasteiger partial charge in [0.2, 0.25) is 33.7 Å². The number of carboxylic acid groups (broad SMARTS) is 6. The predicted molar refractivity (Wildman–Crippen MR) is 333 cm³/mol. The average molecular weight is 1430 g/mol. The number of ether oxygens (including phenoxy) is 1. The Hall–Kier alpha value is -8.26. The number of imidazole rings is 1. The van der Waals surface area contributed by atoms with Crippen molar-refractivity contribution < 1.29 is 129 Å². The molecule has 35 nitrogen and oxygen atoms in total. The van der Waals surface area contributed by atoms with Gasteiger partial charge in [-0.2, -0.15) is 9.82 Å². The number of carbonyl (C=O) groups excluding carboxylic acids is 5. The number of aromatic amines is 1. The monoisotopic (exact) mass is 1430 g/mol. The minimum absolute atomic E-state index is 0. The Morgan fingerprint density at radius 2 is 1.19 bits per heavy atom. The molecule has 95 heavy (non-hydrogen) atoms. The van der Waals surface area contributed by atoms with E-state index in [1.807, 2.05) is 0 Å². The quantitative estimate of drug-likeness (QED) is 0.0212. The molecule has 4 aromatic rings. The molecule has 1 saturated heterocycles. The van der Waals surface area contributed by atoms with Crippen LogP contribution in [0.5, 0.6) is 5.75 Å². The smallest absolute Gasteiger partial charge is 0.323 e. The summed E-state index contributed by atoms with van der Waals surface area (Å²) in [5, 5.41) is 78.3. The van der Waals surface area contributed by atoms with Crippen molar-refractivity contribution in [1.29, 1.82) is 0 Å². The molecule has 3 unspecified atom stereocenters. The van der Waals surface area contributed by atoms with Crippen LogP contribution >= 0.6 is 0 Å². The third-order valence-electron chi connectivity index (χ3n) is 14.8. The predicted octanol–water partition coefficient (Wildman–Crippen LogP) is -2.15. The van der Waals surface area contributed by atoms with Gasteiger partial charge in [-0.25, -0.2) is 13.4 Å². The summed E-state index contributed by atoms with van der Waals surface area (Å²) in [4.78, 5) is 150. The van der Waals surface area contributed by atoms with E-state index < -0.39 is 139 Å². The Labute approximate surface area is 571 Å². The number of aliphatic carboxylic acids is 6. The Balaban J connectivity index is 0.0000192. The number of aromatic nitrogens is 4. The molecule has 37 heteroatoms. The number of hydrogen-bond acceptors (Lipinski definition) is 21. The van der Waals surface area contributed by atoms with E-state index in [9.17, 15) is 91.8 Å². The summed E-state index contributed by atoms with van der Waals surface area (Å²) in [5.74, 6) is -11.3. The zero-order valence-corrected chi connectivity index (χ0v) is 56.4. The molecule has 14 N–H and O–H groups in total. The van der Waals surface area contributed by atoms with Crippen LogP contribution in [0.25, 0.3) is 10.9 Å². The molecule has 3 atom stereocenters. The van der Waals surface area contributed by atoms with Crippen LogP contribution in [0, 0.1) is 19.8 Å². The first-order valence-corrected chi connectivity index (χ1v) is 31.7. The number of sulfonamides is 1. The fraction of sp³-hybridized carbons (Fsp3) is 0.534. The maximum Gasteiger partial charge on any atom is 0.323 e. The molecular formula is C58H83N15O20SY. The van der Waals surface area contributed by atoms with Crippen LogP contribution in [-0.4, -0.2) is 274 Å². The number of rotatable bonds is 39. The molecule has 0 bridgehead atoms. The number of carboxylic acids is 6. The maximum atomic E-state index is 13.7. The maximum absolute atomic E-state index is 13.7. The van der Waals surface area contributed by atoms with Crippen molar-refractivity contribution in [3.05, 3.63) is 65.6 Å². The average Bonchev–Trinajstić information content (AvgIpc) is 1.35. The van der Waals surface area contributed by atoms with Crippen molar-refractivity contribution in [2.45, 2.75) is 82.3 Å². The minimum atomic E-state index is -4.49. The van der Waals surface area contributed by atoms with Gasteiger partial charge in [0, 0.05) is 167 Å². The van der Waals surface area contributed by atoms with E-state index in [1.165, 1.54) is 26.0 Å². The van der Waals surface area contributed by atoms with E-state index in [-0.39, 0.29) is 164 Å². The van der Waals surface area contributed by atoms with Crippen LogP contribution in [0.1, 0.15) is 66.4 Å². The number of amides is 5. The van der Waals surface area contributed by atoms with Gasteiger partial charge < -0.3 is 72.3 Å². The second-order valence-electron chi connectivity index (χ2n) is 22.3. The van der Waals surface area contributed by atoms with Gasteiger partial charge in [0.25, 0.3) is 5.91 Å². The third-order valence-corrected chi connectivity index (χ3v) is 16.6. The van der Waals surface area contributed by atoms with Crippen LogP contribution in [0.15, 0.2) is 53.8 Å². The van der Waals surface area contributed by atoms with Crippen LogP contribution in [0.2, 0.25) is 0 Å². The van der Waals surface area contributed by atoms with Gasteiger partial charge in [0.15, 0.2) is 5.95 Å². The fourth-order valence-corrected chi connectivity index (χ4v) is 11.7. The first-order valence-electron chi connectivity index (χ1n) is 30.2. The van der Waals surface area contributed by atoms with Gasteiger partial charge in [-0.05, 0) is 81.0 Å². The summed E-state index contributed by atoms with van der Waals surface area (Å²) >= 11 is 0. The molecular weight excluding hydrogens is 1350 g/mol. The largest absolute Gasteiger partial charge is 0.494 e. The van der Waals surface area contributed by atoms with Crippen molar-refractivity contribution in [3.63, 3.8) is 0 Å². The summed E-state index contributed by atoms with van der Waals surface area (Å²) in [5.41, 5.74) is 1.39. The molecule has 519 valence electrons. The molecule has 2 aromatic carbocycles. The number of benzene rings is 2. The molecule has 5 rings (SSSR count). The second kappa shape index (κ2) is 40.2. The fourth-order valence-electron chi connectivity index (χ4n) is 10.1. The molecule has 1 fully saturated rings. The van der Waals surface area contributed by atoms with Crippen molar-refractivity contribution >= 4 is 92.2 Å². The van der Waals surface area contributed by atoms with Crippen molar-refractivity contribution in [2.75, 3.05) is 123 Å². The number of H-pyrrole nitrogens is 1. The first kappa shape index (κ1) is 79.2. The van der Waals surface area contributed by atoms with E-state index in [1.54, 1.807) is 61.1 Å². The second-order valence-corrected chi connectivity index (χ2v) is 23.9. The van der Waals surface area contributed by atoms with Crippen LogP contribution in [0.4, 0.5) is 5.95 Å². The molecule has 2 aromatic heterocycles. The number of carbonyl (C=O) groups is 11. The van der Waals surface area contributed by atoms with Crippen molar-refractivity contribution in [2.24, 2.45) is 5.92 Å². The Kier molecular flexibility index (Phi) is 33.5. The minimum Gasteiger partial charge on any atom is -0.494 e. The molecule has 0 saturated carbocycles. The zero-order chi connectivity index (χ0) is 68.9. The topological polar surface area (TPSA) is 496 Å². The normalized spacial score (nSPS) is 14.7. The van der Waals surface area contributed by atoms with E-state index >= 15 is 0 Å². The van der Waals surface area contributed by atoms with Gasteiger partial charge in [-0.15, -0.1) is 0 Å². The third kappa shape index (κ3) is 28.7. The molecule has 0 aliphatic carbocycles. The van der Waals surface area contributed by atoms with Gasteiger partial charge in [0.05, 0.1) is 55.3 Å². The van der Waals surface area contributed by atoms with E-state index in [0.717, 1.165) is 11.9 Å². The van der Waals surface area contributed by atoms with Gasteiger partial charge >= 0.3 is 35.8 Å². The van der Waals surface area contributed by atoms with Crippen molar-refractivity contribution in [1.82, 2.24) is 70.7 Å². The number of fused-ring (bicyclic) bond motifs is 1. The molecule has 3 heterocycles. The molecule has 1 aliphatic heterocycles. The van der Waals surface area contributed by atoms with E-state index in [0.29, 0.717) is 24.4 Å². The molecule has 5 amide bonds. The van der Waals surface area contributed by atoms with Crippen molar-refractivity contribution in [3.8, 4) is 5.75 Å². The number of anilines is 1. The Bertz CT molecular complexity index is 3340. The summed E-state index contributed by atoms with van der Waals surface area (Å²) < 4.78 is 37.1. The van der Waals surface area contributed by atoms with Crippen LogP contribution < -0.4 is 41.4 Å². The Morgan fingerprint density at radius 1 is 0.621 bits per heavy atom. The molecule has 1 aliphatic rings. The summed E-state index contributed by atoms with van der Waals surface area (Å²) in [6.45, 7) is 2.42. The number of nitrogens with zero attached hydrogens (tertiary/aromatic N) is 7. The zero-order valence-electron chi connectivity index (χ0n) is 52.8. The summed E-state index contributed by atoms with van der Waals surface area (Å²) in [6.07, 6.45) is 3.96. The first-order chi connectivity index (χ1) is 44.6. The molecule has 1 radical (unpaired) electrons.